The van der Waals surface area contributed by atoms with Crippen molar-refractivity contribution in [3.05, 3.63) is 61.5 Å². The quantitative estimate of drug-likeness (QED) is 0.790. The van der Waals surface area contributed by atoms with Crippen molar-refractivity contribution in [1.82, 2.24) is 9.97 Å². The van der Waals surface area contributed by atoms with E-state index in [0.717, 1.165) is 16.9 Å². The Morgan fingerprint density at radius 1 is 1.35 bits per heavy atom. The number of fused-ring (bicyclic) bond motifs is 1. The van der Waals surface area contributed by atoms with E-state index in [1.165, 1.54) is 0 Å². The molecule has 1 aromatic carbocycles. The summed E-state index contributed by atoms with van der Waals surface area (Å²) in [5.41, 5.74) is 0.783. The molecule has 7 heteroatoms. The fraction of sp³-hybridized carbons (Fsp3) is 0.0625. The lowest BCUT2D eigenvalue weighted by Gasteiger charge is -1.98. The number of aromatic nitrogens is 2. The first-order valence-corrected chi connectivity index (χ1v) is 7.84. The van der Waals surface area contributed by atoms with Gasteiger partial charge in [0.2, 0.25) is 0 Å². The summed E-state index contributed by atoms with van der Waals surface area (Å²) >= 11 is 6.99. The second kappa shape index (κ2) is 5.98. The van der Waals surface area contributed by atoms with Gasteiger partial charge in [-0.15, -0.1) is 11.3 Å². The number of hydrogen-bond donors (Lipinski definition) is 1. The van der Waals surface area contributed by atoms with E-state index in [1.807, 2.05) is 18.2 Å². The van der Waals surface area contributed by atoms with E-state index >= 15 is 0 Å². The first-order valence-electron chi connectivity index (χ1n) is 6.64. The minimum absolute atomic E-state index is 0.0187. The van der Waals surface area contributed by atoms with E-state index in [4.69, 9.17) is 11.6 Å². The maximum Gasteiger partial charge on any atom is 0.260 e. The van der Waals surface area contributed by atoms with Crippen LogP contribution in [0, 0.1) is 6.92 Å². The molecule has 116 valence electrons. The zero-order chi connectivity index (χ0) is 16.6. The summed E-state index contributed by atoms with van der Waals surface area (Å²) in [5, 5.41) is 11.9. The Hall–Kier alpha value is -2.44. The molecule has 0 aliphatic heterocycles. The molecule has 3 rings (SSSR count). The molecule has 0 bridgehead atoms. The highest BCUT2D eigenvalue weighted by atomic mass is 35.5. The van der Waals surface area contributed by atoms with Crippen LogP contribution in [0.4, 0.5) is 0 Å². The number of carboxylic acid groups (broad SMARTS) is 1. The highest BCUT2D eigenvalue weighted by molar-refractivity contribution is 7.20. The van der Waals surface area contributed by atoms with Gasteiger partial charge in [0.1, 0.15) is 10.7 Å². The SMILES string of the molecule is Cc1c(C(=O)[O-])sc2nc(/C=C/c3ccccc3Cl)[nH]c(=O)c12. The van der Waals surface area contributed by atoms with Crippen LogP contribution in [0.3, 0.4) is 0 Å². The molecule has 0 saturated heterocycles. The molecule has 0 unspecified atom stereocenters. The van der Waals surface area contributed by atoms with Gasteiger partial charge in [0.25, 0.3) is 5.56 Å². The number of rotatable bonds is 3. The van der Waals surface area contributed by atoms with Crippen LogP contribution in [0.25, 0.3) is 22.4 Å². The van der Waals surface area contributed by atoms with Crippen LogP contribution >= 0.6 is 22.9 Å². The molecule has 1 N–H and O–H groups in total. The minimum atomic E-state index is -1.31. The van der Waals surface area contributed by atoms with Gasteiger partial charge < -0.3 is 14.9 Å². The Balaban J connectivity index is 2.08. The Morgan fingerprint density at radius 3 is 2.78 bits per heavy atom. The second-order valence-electron chi connectivity index (χ2n) is 4.83. The third-order valence-corrected chi connectivity index (χ3v) is 4.84. The highest BCUT2D eigenvalue weighted by Crippen LogP contribution is 2.26. The average molecular weight is 346 g/mol. The van der Waals surface area contributed by atoms with Crippen molar-refractivity contribution in [1.29, 1.82) is 0 Å². The number of thiophene rings is 1. The predicted octanol–water partition coefficient (Wildman–Crippen LogP) is 2.48. The van der Waals surface area contributed by atoms with E-state index in [-0.39, 0.29) is 15.8 Å². The summed E-state index contributed by atoms with van der Waals surface area (Å²) in [6.07, 6.45) is 3.35. The fourth-order valence-electron chi connectivity index (χ4n) is 2.21. The number of carbonyl (C=O) groups is 1. The molecule has 0 atom stereocenters. The van der Waals surface area contributed by atoms with Gasteiger partial charge in [0, 0.05) is 5.02 Å². The van der Waals surface area contributed by atoms with Crippen molar-refractivity contribution in [2.75, 3.05) is 0 Å². The second-order valence-corrected chi connectivity index (χ2v) is 6.24. The number of hydrogen-bond acceptors (Lipinski definition) is 5. The maximum atomic E-state index is 12.2. The van der Waals surface area contributed by atoms with Crippen molar-refractivity contribution in [3.63, 3.8) is 0 Å². The molecule has 2 heterocycles. The third kappa shape index (κ3) is 2.91. The first kappa shape index (κ1) is 15.5. The van der Waals surface area contributed by atoms with E-state index in [9.17, 15) is 14.7 Å². The molecule has 3 aromatic rings. The smallest absolute Gasteiger partial charge is 0.260 e. The van der Waals surface area contributed by atoms with Crippen LogP contribution in [-0.2, 0) is 0 Å². The van der Waals surface area contributed by atoms with Crippen molar-refractivity contribution in [2.45, 2.75) is 6.92 Å². The Labute approximate surface area is 139 Å². The fourth-order valence-corrected chi connectivity index (χ4v) is 3.44. The molecule has 0 fully saturated rings. The van der Waals surface area contributed by atoms with Crippen LogP contribution in [0.15, 0.2) is 29.1 Å². The number of nitrogens with zero attached hydrogens (tertiary/aromatic N) is 1. The van der Waals surface area contributed by atoms with Gasteiger partial charge in [-0.3, -0.25) is 4.79 Å². The number of carbonyl (C=O) groups excluding carboxylic acids is 1. The van der Waals surface area contributed by atoms with Gasteiger partial charge in [-0.05, 0) is 36.3 Å². The molecule has 0 saturated carbocycles. The van der Waals surface area contributed by atoms with E-state index < -0.39 is 5.97 Å². The molecule has 5 nitrogen and oxygen atoms in total. The average Bonchev–Trinajstić information content (AvgIpc) is 2.84. The predicted molar refractivity (Wildman–Crippen MR) is 89.7 cm³/mol. The number of aromatic amines is 1. The summed E-state index contributed by atoms with van der Waals surface area (Å²) < 4.78 is 0. The Morgan fingerprint density at radius 2 is 2.09 bits per heavy atom. The molecule has 0 aliphatic rings. The van der Waals surface area contributed by atoms with Crippen LogP contribution in [0.5, 0.6) is 0 Å². The summed E-state index contributed by atoms with van der Waals surface area (Å²) in [5.74, 6) is -0.980. The largest absolute Gasteiger partial charge is 0.544 e. The molecule has 23 heavy (non-hydrogen) atoms. The molecule has 0 spiro atoms. The van der Waals surface area contributed by atoms with Crippen molar-refractivity contribution >= 4 is 51.3 Å². The molecular formula is C16H10ClN2O3S-. The lowest BCUT2D eigenvalue weighted by atomic mass is 10.2. The summed E-state index contributed by atoms with van der Waals surface area (Å²) in [7, 11) is 0. The zero-order valence-corrected chi connectivity index (χ0v) is 13.5. The third-order valence-electron chi connectivity index (χ3n) is 3.33. The Bertz CT molecular complexity index is 1000. The lowest BCUT2D eigenvalue weighted by Crippen LogP contribution is -2.21. The maximum absolute atomic E-state index is 12.2. The molecule has 0 aliphatic carbocycles. The van der Waals surface area contributed by atoms with Gasteiger partial charge in [-0.25, -0.2) is 4.98 Å². The van der Waals surface area contributed by atoms with Gasteiger partial charge >= 0.3 is 0 Å². The van der Waals surface area contributed by atoms with Gasteiger partial charge in [-0.2, -0.15) is 0 Å². The monoisotopic (exact) mass is 345 g/mol. The minimum Gasteiger partial charge on any atom is -0.544 e. The van der Waals surface area contributed by atoms with Gasteiger partial charge in [0.05, 0.1) is 16.2 Å². The number of aryl methyl sites for hydroxylation is 1. The number of carboxylic acids is 1. The van der Waals surface area contributed by atoms with E-state index in [1.54, 1.807) is 25.1 Å². The van der Waals surface area contributed by atoms with Crippen molar-refractivity contribution in [3.8, 4) is 0 Å². The number of aromatic carboxylic acids is 1. The van der Waals surface area contributed by atoms with Gasteiger partial charge in [0.15, 0.2) is 0 Å². The zero-order valence-electron chi connectivity index (χ0n) is 11.9. The van der Waals surface area contributed by atoms with Crippen LogP contribution in [-0.4, -0.2) is 15.9 Å². The lowest BCUT2D eigenvalue weighted by molar-refractivity contribution is -0.254. The summed E-state index contributed by atoms with van der Waals surface area (Å²) in [6.45, 7) is 1.57. The molecule has 0 radical (unpaired) electrons. The topological polar surface area (TPSA) is 85.9 Å². The van der Waals surface area contributed by atoms with Crippen LogP contribution in [0.2, 0.25) is 5.02 Å². The van der Waals surface area contributed by atoms with E-state index in [2.05, 4.69) is 9.97 Å². The Kier molecular flexibility index (Phi) is 4.02. The summed E-state index contributed by atoms with van der Waals surface area (Å²) in [4.78, 5) is 30.5. The number of benzene rings is 1. The van der Waals surface area contributed by atoms with Gasteiger partial charge in [-0.1, -0.05) is 29.8 Å². The molecular weight excluding hydrogens is 336 g/mol. The number of nitrogens with one attached hydrogen (secondary N) is 1. The van der Waals surface area contributed by atoms with Crippen molar-refractivity contribution < 1.29 is 9.90 Å². The van der Waals surface area contributed by atoms with Crippen LogP contribution < -0.4 is 10.7 Å². The summed E-state index contributed by atoms with van der Waals surface area (Å²) in [6, 6.07) is 7.26. The number of halogens is 1. The van der Waals surface area contributed by atoms with Crippen molar-refractivity contribution in [2.24, 2.45) is 0 Å². The molecule has 2 aromatic heterocycles. The number of H-pyrrole nitrogens is 1. The molecule has 0 amide bonds. The first-order chi connectivity index (χ1) is 11.0. The van der Waals surface area contributed by atoms with E-state index in [0.29, 0.717) is 21.2 Å². The highest BCUT2D eigenvalue weighted by Gasteiger charge is 2.14. The normalized spacial score (nSPS) is 11.4. The standard InChI is InChI=1S/C16H11ClN2O3S/c1-8-12-14(20)18-11(19-15(12)23-13(8)16(21)22)7-6-9-4-2-3-5-10(9)17/h2-7H,1H3,(H,21,22)(H,18,19,20)/p-1/b7-6+. The van der Waals surface area contributed by atoms with Crippen LogP contribution in [0.1, 0.15) is 26.6 Å².